The molecule has 0 spiro atoms. The second kappa shape index (κ2) is 4.66. The Hall–Kier alpha value is -1.16. The lowest BCUT2D eigenvalue weighted by Gasteiger charge is -1.92. The SMILES string of the molecule is C=Cc1nc(CCCOC)no1. The van der Waals surface area contributed by atoms with E-state index in [9.17, 15) is 0 Å². The van der Waals surface area contributed by atoms with Crippen LogP contribution in [0.3, 0.4) is 0 Å². The van der Waals surface area contributed by atoms with Crippen molar-refractivity contribution in [2.24, 2.45) is 0 Å². The van der Waals surface area contributed by atoms with Gasteiger partial charge in [0.1, 0.15) is 0 Å². The second-order valence-corrected chi connectivity index (χ2v) is 2.35. The van der Waals surface area contributed by atoms with Gasteiger partial charge in [0.15, 0.2) is 5.82 Å². The smallest absolute Gasteiger partial charge is 0.250 e. The van der Waals surface area contributed by atoms with Crippen LogP contribution < -0.4 is 0 Å². The maximum atomic E-state index is 4.89. The van der Waals surface area contributed by atoms with Gasteiger partial charge in [0.05, 0.1) is 0 Å². The molecule has 0 atom stereocenters. The Kier molecular flexibility index (Phi) is 3.47. The van der Waals surface area contributed by atoms with Gasteiger partial charge in [-0.05, 0) is 12.5 Å². The molecule has 12 heavy (non-hydrogen) atoms. The van der Waals surface area contributed by atoms with E-state index in [1.54, 1.807) is 7.11 Å². The van der Waals surface area contributed by atoms with E-state index in [-0.39, 0.29) is 0 Å². The Morgan fingerprint density at radius 3 is 3.08 bits per heavy atom. The van der Waals surface area contributed by atoms with E-state index in [4.69, 9.17) is 9.26 Å². The van der Waals surface area contributed by atoms with Gasteiger partial charge >= 0.3 is 0 Å². The van der Waals surface area contributed by atoms with E-state index in [0.717, 1.165) is 19.4 Å². The highest BCUT2D eigenvalue weighted by atomic mass is 16.5. The summed E-state index contributed by atoms with van der Waals surface area (Å²) in [4.78, 5) is 4.05. The fraction of sp³-hybridized carbons (Fsp3) is 0.500. The lowest BCUT2D eigenvalue weighted by Crippen LogP contribution is -1.94. The second-order valence-electron chi connectivity index (χ2n) is 2.35. The van der Waals surface area contributed by atoms with Crippen LogP contribution in [0.1, 0.15) is 18.1 Å². The maximum absolute atomic E-state index is 4.89. The molecule has 4 nitrogen and oxygen atoms in total. The summed E-state index contributed by atoms with van der Waals surface area (Å²) < 4.78 is 9.71. The van der Waals surface area contributed by atoms with Gasteiger partial charge in [-0.1, -0.05) is 11.7 Å². The number of hydrogen-bond acceptors (Lipinski definition) is 4. The van der Waals surface area contributed by atoms with Crippen molar-refractivity contribution < 1.29 is 9.26 Å². The molecule has 0 fully saturated rings. The zero-order chi connectivity index (χ0) is 8.81. The van der Waals surface area contributed by atoms with Crippen molar-refractivity contribution >= 4 is 6.08 Å². The van der Waals surface area contributed by atoms with Crippen LogP contribution >= 0.6 is 0 Å². The minimum Gasteiger partial charge on any atom is -0.385 e. The summed E-state index contributed by atoms with van der Waals surface area (Å²) in [5.74, 6) is 1.18. The molecule has 0 radical (unpaired) electrons. The van der Waals surface area contributed by atoms with Crippen LogP contribution in [-0.2, 0) is 11.2 Å². The third-order valence-electron chi connectivity index (χ3n) is 1.41. The predicted molar refractivity (Wildman–Crippen MR) is 44.6 cm³/mol. The third kappa shape index (κ3) is 2.47. The van der Waals surface area contributed by atoms with Gasteiger partial charge in [-0.3, -0.25) is 0 Å². The van der Waals surface area contributed by atoms with E-state index < -0.39 is 0 Å². The summed E-state index contributed by atoms with van der Waals surface area (Å²) in [7, 11) is 1.67. The van der Waals surface area contributed by atoms with Gasteiger partial charge in [-0.2, -0.15) is 4.98 Å². The molecule has 0 unspecified atom stereocenters. The molecule has 0 aromatic carbocycles. The van der Waals surface area contributed by atoms with Gasteiger partial charge in [0.25, 0.3) is 0 Å². The summed E-state index contributed by atoms with van der Waals surface area (Å²) in [6.45, 7) is 4.24. The summed E-state index contributed by atoms with van der Waals surface area (Å²) in [5.41, 5.74) is 0. The monoisotopic (exact) mass is 168 g/mol. The Morgan fingerprint density at radius 2 is 2.50 bits per heavy atom. The van der Waals surface area contributed by atoms with Crippen molar-refractivity contribution in [1.29, 1.82) is 0 Å². The Balaban J connectivity index is 2.36. The third-order valence-corrected chi connectivity index (χ3v) is 1.41. The van der Waals surface area contributed by atoms with Crippen molar-refractivity contribution in [3.05, 3.63) is 18.3 Å². The number of hydrogen-bond donors (Lipinski definition) is 0. The molecule has 1 aromatic rings. The summed E-state index contributed by atoms with van der Waals surface area (Å²) in [6.07, 6.45) is 3.23. The van der Waals surface area contributed by atoms with E-state index in [1.807, 2.05) is 0 Å². The predicted octanol–water partition coefficient (Wildman–Crippen LogP) is 1.29. The lowest BCUT2D eigenvalue weighted by atomic mass is 10.3. The zero-order valence-corrected chi connectivity index (χ0v) is 7.12. The van der Waals surface area contributed by atoms with Crippen LogP contribution in [-0.4, -0.2) is 23.9 Å². The first-order chi connectivity index (χ1) is 5.86. The van der Waals surface area contributed by atoms with Crippen LogP contribution in [0.4, 0.5) is 0 Å². The quantitative estimate of drug-likeness (QED) is 0.621. The average Bonchev–Trinajstić information content (AvgIpc) is 2.53. The number of aryl methyl sites for hydroxylation is 1. The molecular weight excluding hydrogens is 156 g/mol. The highest BCUT2D eigenvalue weighted by molar-refractivity contribution is 5.32. The van der Waals surface area contributed by atoms with E-state index >= 15 is 0 Å². The molecule has 4 heteroatoms. The first-order valence-corrected chi connectivity index (χ1v) is 3.80. The van der Waals surface area contributed by atoms with Crippen molar-refractivity contribution in [2.75, 3.05) is 13.7 Å². The van der Waals surface area contributed by atoms with Gasteiger partial charge < -0.3 is 9.26 Å². The number of nitrogens with zero attached hydrogens (tertiary/aromatic N) is 2. The molecule has 0 aliphatic rings. The Bertz CT molecular complexity index is 245. The molecule has 66 valence electrons. The molecule has 0 bridgehead atoms. The van der Waals surface area contributed by atoms with E-state index in [1.165, 1.54) is 6.08 Å². The summed E-state index contributed by atoms with van der Waals surface area (Å²) in [5, 5.41) is 3.75. The van der Waals surface area contributed by atoms with Crippen LogP contribution in [0.15, 0.2) is 11.1 Å². The number of ether oxygens (including phenoxy) is 1. The Labute approximate surface area is 71.2 Å². The standard InChI is InChI=1S/C8H12N2O2/c1-3-8-9-7(10-12-8)5-4-6-11-2/h3H,1,4-6H2,2H3. The molecule has 0 saturated heterocycles. The van der Waals surface area contributed by atoms with E-state index in [2.05, 4.69) is 16.7 Å². The zero-order valence-electron chi connectivity index (χ0n) is 7.12. The summed E-state index contributed by atoms with van der Waals surface area (Å²) >= 11 is 0. The molecule has 1 rings (SSSR count). The first-order valence-electron chi connectivity index (χ1n) is 3.80. The van der Waals surface area contributed by atoms with Gasteiger partial charge in [-0.25, -0.2) is 0 Å². The normalized spacial score (nSPS) is 10.1. The fourth-order valence-corrected chi connectivity index (χ4v) is 0.827. The largest absolute Gasteiger partial charge is 0.385 e. The molecular formula is C8H12N2O2. The van der Waals surface area contributed by atoms with Gasteiger partial charge in [0, 0.05) is 20.1 Å². The first kappa shape index (κ1) is 8.93. The van der Waals surface area contributed by atoms with Crippen LogP contribution in [0, 0.1) is 0 Å². The highest BCUT2D eigenvalue weighted by Gasteiger charge is 2.01. The molecule has 0 N–H and O–H groups in total. The Morgan fingerprint density at radius 1 is 1.67 bits per heavy atom. The van der Waals surface area contributed by atoms with Crippen molar-refractivity contribution in [3.8, 4) is 0 Å². The maximum Gasteiger partial charge on any atom is 0.250 e. The van der Waals surface area contributed by atoms with Crippen molar-refractivity contribution in [3.63, 3.8) is 0 Å². The fourth-order valence-electron chi connectivity index (χ4n) is 0.827. The number of methoxy groups -OCH3 is 1. The number of aromatic nitrogens is 2. The van der Waals surface area contributed by atoms with E-state index in [0.29, 0.717) is 11.7 Å². The molecule has 1 aromatic heterocycles. The highest BCUT2D eigenvalue weighted by Crippen LogP contribution is 2.00. The summed E-state index contributed by atoms with van der Waals surface area (Å²) in [6, 6.07) is 0. The molecule has 0 aliphatic heterocycles. The van der Waals surface area contributed by atoms with Crippen LogP contribution in [0.2, 0.25) is 0 Å². The van der Waals surface area contributed by atoms with Crippen LogP contribution in [0.25, 0.3) is 6.08 Å². The molecule has 0 aliphatic carbocycles. The lowest BCUT2D eigenvalue weighted by molar-refractivity contribution is 0.194. The topological polar surface area (TPSA) is 48.2 Å². The minimum absolute atomic E-state index is 0.474. The number of rotatable bonds is 5. The van der Waals surface area contributed by atoms with Crippen LogP contribution in [0.5, 0.6) is 0 Å². The van der Waals surface area contributed by atoms with Crippen molar-refractivity contribution in [2.45, 2.75) is 12.8 Å². The molecule has 0 saturated carbocycles. The van der Waals surface area contributed by atoms with Gasteiger partial charge in [-0.15, -0.1) is 0 Å². The van der Waals surface area contributed by atoms with Gasteiger partial charge in [0.2, 0.25) is 5.89 Å². The minimum atomic E-state index is 0.474. The molecule has 0 amide bonds. The molecule has 1 heterocycles. The van der Waals surface area contributed by atoms with Crippen molar-refractivity contribution in [1.82, 2.24) is 10.1 Å². The average molecular weight is 168 g/mol.